The summed E-state index contributed by atoms with van der Waals surface area (Å²) in [5.41, 5.74) is 0.681. The van der Waals surface area contributed by atoms with Crippen molar-refractivity contribution in [2.24, 2.45) is 0 Å². The molecule has 0 radical (unpaired) electrons. The summed E-state index contributed by atoms with van der Waals surface area (Å²) >= 11 is 7.45. The molecule has 0 aliphatic carbocycles. The van der Waals surface area contributed by atoms with Gasteiger partial charge in [0.25, 0.3) is 11.8 Å². The molecule has 2 aromatic rings. The highest BCUT2D eigenvalue weighted by molar-refractivity contribution is 7.99. The third-order valence-corrected chi connectivity index (χ3v) is 5.19. The van der Waals surface area contributed by atoms with E-state index in [-0.39, 0.29) is 13.2 Å². The minimum Gasteiger partial charge on any atom is -0.444 e. The fourth-order valence-electron chi connectivity index (χ4n) is 2.50. The second-order valence-corrected chi connectivity index (χ2v) is 7.24. The average Bonchev–Trinajstić information content (AvgIpc) is 2.89. The zero-order chi connectivity index (χ0) is 18.5. The van der Waals surface area contributed by atoms with Crippen LogP contribution in [0.1, 0.15) is 33.6 Å². The number of esters is 1. The van der Waals surface area contributed by atoms with Gasteiger partial charge >= 0.3 is 5.97 Å². The van der Waals surface area contributed by atoms with Gasteiger partial charge in [0, 0.05) is 16.3 Å². The minimum atomic E-state index is -0.434. The van der Waals surface area contributed by atoms with Crippen molar-refractivity contribution in [1.82, 2.24) is 4.90 Å². The van der Waals surface area contributed by atoms with E-state index in [0.29, 0.717) is 22.6 Å². The molecular weight excluding hydrogens is 374 g/mol. The molecule has 0 aromatic heterocycles. The van der Waals surface area contributed by atoms with E-state index in [1.165, 1.54) is 0 Å². The summed E-state index contributed by atoms with van der Waals surface area (Å²) < 4.78 is 5.08. The van der Waals surface area contributed by atoms with Crippen LogP contribution in [0.25, 0.3) is 0 Å². The maximum Gasteiger partial charge on any atom is 0.307 e. The number of hydrogen-bond acceptors (Lipinski definition) is 5. The van der Waals surface area contributed by atoms with Gasteiger partial charge in [-0.2, -0.15) is 0 Å². The standard InChI is InChI=1S/C19H16ClNO4S/c20-13-7-9-14(10-8-13)26-11-3-6-17(22)25-12-21-18(23)15-4-1-2-5-16(15)19(21)24/h1-2,4-5,7-10H,3,6,11-12H2. The summed E-state index contributed by atoms with van der Waals surface area (Å²) in [5.74, 6) is -0.546. The van der Waals surface area contributed by atoms with Crippen LogP contribution in [0, 0.1) is 0 Å². The molecular formula is C19H16ClNO4S. The molecule has 0 saturated heterocycles. The highest BCUT2D eigenvalue weighted by Crippen LogP contribution is 2.23. The number of imide groups is 1. The third-order valence-electron chi connectivity index (χ3n) is 3.84. The average molecular weight is 390 g/mol. The maximum absolute atomic E-state index is 12.2. The Bertz CT molecular complexity index is 803. The number of carbonyl (C=O) groups excluding carboxylic acids is 3. The van der Waals surface area contributed by atoms with Crippen LogP contribution in [-0.4, -0.2) is 35.2 Å². The Balaban J connectivity index is 1.40. The number of fused-ring (bicyclic) bond motifs is 1. The van der Waals surface area contributed by atoms with Gasteiger partial charge in [-0.3, -0.25) is 14.4 Å². The van der Waals surface area contributed by atoms with Crippen LogP contribution in [0.15, 0.2) is 53.4 Å². The zero-order valence-corrected chi connectivity index (χ0v) is 15.4. The fraction of sp³-hybridized carbons (Fsp3) is 0.211. The zero-order valence-electron chi connectivity index (χ0n) is 13.8. The number of hydrogen-bond donors (Lipinski definition) is 0. The predicted octanol–water partition coefficient (Wildman–Crippen LogP) is 4.01. The summed E-state index contributed by atoms with van der Waals surface area (Å²) in [6, 6.07) is 14.0. The lowest BCUT2D eigenvalue weighted by atomic mass is 10.1. The maximum atomic E-state index is 12.2. The number of thioether (sulfide) groups is 1. The van der Waals surface area contributed by atoms with E-state index in [4.69, 9.17) is 16.3 Å². The quantitative estimate of drug-likeness (QED) is 0.310. The molecule has 2 amide bonds. The first-order valence-electron chi connectivity index (χ1n) is 8.05. The number of halogens is 1. The molecule has 1 aliphatic heterocycles. The summed E-state index contributed by atoms with van der Waals surface area (Å²) in [6.07, 6.45) is 0.859. The molecule has 26 heavy (non-hydrogen) atoms. The van der Waals surface area contributed by atoms with Crippen molar-refractivity contribution in [3.8, 4) is 0 Å². The van der Waals surface area contributed by atoms with E-state index in [2.05, 4.69) is 0 Å². The van der Waals surface area contributed by atoms with E-state index in [1.807, 2.05) is 24.3 Å². The van der Waals surface area contributed by atoms with Crippen molar-refractivity contribution in [3.63, 3.8) is 0 Å². The van der Waals surface area contributed by atoms with Crippen LogP contribution in [0.2, 0.25) is 5.02 Å². The molecule has 0 fully saturated rings. The second-order valence-electron chi connectivity index (χ2n) is 5.64. The number of benzene rings is 2. The van der Waals surface area contributed by atoms with Crippen molar-refractivity contribution in [2.75, 3.05) is 12.5 Å². The molecule has 3 rings (SSSR count). The van der Waals surface area contributed by atoms with Crippen LogP contribution < -0.4 is 0 Å². The van der Waals surface area contributed by atoms with Crippen molar-refractivity contribution < 1.29 is 19.1 Å². The van der Waals surface area contributed by atoms with Gasteiger partial charge in [-0.05, 0) is 48.6 Å². The molecule has 1 heterocycles. The lowest BCUT2D eigenvalue weighted by molar-refractivity contribution is -0.146. The lowest BCUT2D eigenvalue weighted by Crippen LogP contribution is -2.33. The normalized spacial score (nSPS) is 13.0. The van der Waals surface area contributed by atoms with Crippen LogP contribution >= 0.6 is 23.4 Å². The van der Waals surface area contributed by atoms with E-state index in [1.54, 1.807) is 36.0 Å². The van der Waals surface area contributed by atoms with Gasteiger partial charge in [-0.25, -0.2) is 4.90 Å². The molecule has 0 unspecified atom stereocenters. The summed E-state index contributed by atoms with van der Waals surface area (Å²) in [6.45, 7) is -0.352. The molecule has 2 aromatic carbocycles. The number of nitrogens with zero attached hydrogens (tertiary/aromatic N) is 1. The predicted molar refractivity (Wildman–Crippen MR) is 99.3 cm³/mol. The second kappa shape index (κ2) is 8.38. The number of rotatable bonds is 7. The van der Waals surface area contributed by atoms with Crippen molar-refractivity contribution in [1.29, 1.82) is 0 Å². The fourth-order valence-corrected chi connectivity index (χ4v) is 3.48. The van der Waals surface area contributed by atoms with Crippen molar-refractivity contribution in [2.45, 2.75) is 17.7 Å². The highest BCUT2D eigenvalue weighted by atomic mass is 35.5. The van der Waals surface area contributed by atoms with Gasteiger partial charge in [-0.15, -0.1) is 11.8 Å². The van der Waals surface area contributed by atoms with Crippen molar-refractivity contribution >= 4 is 41.1 Å². The Labute approximate surface area is 160 Å². The monoisotopic (exact) mass is 389 g/mol. The number of amides is 2. The molecule has 0 saturated carbocycles. The molecule has 0 bridgehead atoms. The van der Waals surface area contributed by atoms with Gasteiger partial charge in [0.05, 0.1) is 11.1 Å². The van der Waals surface area contributed by atoms with E-state index >= 15 is 0 Å². The van der Waals surface area contributed by atoms with Crippen LogP contribution in [0.4, 0.5) is 0 Å². The first-order chi connectivity index (χ1) is 12.6. The first-order valence-corrected chi connectivity index (χ1v) is 9.42. The number of ether oxygens (including phenoxy) is 1. The smallest absolute Gasteiger partial charge is 0.307 e. The molecule has 0 spiro atoms. The highest BCUT2D eigenvalue weighted by Gasteiger charge is 2.35. The lowest BCUT2D eigenvalue weighted by Gasteiger charge is -2.13. The van der Waals surface area contributed by atoms with E-state index in [9.17, 15) is 14.4 Å². The third kappa shape index (κ3) is 4.26. The Morgan fingerprint density at radius 2 is 1.62 bits per heavy atom. The molecule has 7 heteroatoms. The number of carbonyl (C=O) groups is 3. The molecule has 0 N–H and O–H groups in total. The topological polar surface area (TPSA) is 63.7 Å². The van der Waals surface area contributed by atoms with Gasteiger partial charge in [-0.1, -0.05) is 23.7 Å². The van der Waals surface area contributed by atoms with Crippen LogP contribution in [-0.2, 0) is 9.53 Å². The van der Waals surface area contributed by atoms with E-state index < -0.39 is 17.8 Å². The first kappa shape index (κ1) is 18.5. The molecule has 5 nitrogen and oxygen atoms in total. The summed E-state index contributed by atoms with van der Waals surface area (Å²) in [7, 11) is 0. The minimum absolute atomic E-state index is 0.226. The Morgan fingerprint density at radius 1 is 1.00 bits per heavy atom. The molecule has 1 aliphatic rings. The van der Waals surface area contributed by atoms with Crippen molar-refractivity contribution in [3.05, 3.63) is 64.7 Å². The Hall–Kier alpha value is -2.31. The molecule has 134 valence electrons. The SMILES string of the molecule is O=C(CCCSc1ccc(Cl)cc1)OCN1C(=O)c2ccccc2C1=O. The van der Waals surface area contributed by atoms with Gasteiger partial charge < -0.3 is 4.74 Å². The Kier molecular flexibility index (Phi) is 5.96. The summed E-state index contributed by atoms with van der Waals surface area (Å²) in [5, 5.41) is 0.686. The summed E-state index contributed by atoms with van der Waals surface area (Å²) in [4.78, 5) is 38.2. The van der Waals surface area contributed by atoms with Crippen LogP contribution in [0.3, 0.4) is 0 Å². The molecule has 0 atom stereocenters. The van der Waals surface area contributed by atoms with Gasteiger partial charge in [0.1, 0.15) is 0 Å². The van der Waals surface area contributed by atoms with Gasteiger partial charge in [0.2, 0.25) is 0 Å². The van der Waals surface area contributed by atoms with Crippen LogP contribution in [0.5, 0.6) is 0 Å². The van der Waals surface area contributed by atoms with Gasteiger partial charge in [0.15, 0.2) is 6.73 Å². The Morgan fingerprint density at radius 3 is 2.23 bits per heavy atom. The largest absolute Gasteiger partial charge is 0.444 e. The van der Waals surface area contributed by atoms with E-state index in [0.717, 1.165) is 15.5 Å².